The third-order valence-electron chi connectivity index (χ3n) is 6.93. The summed E-state index contributed by atoms with van der Waals surface area (Å²) < 4.78 is 6.14. The number of carboxylic acids is 1. The molecule has 1 heterocycles. The molecule has 25 heavy (non-hydrogen) atoms. The molecule has 1 saturated carbocycles. The molecule has 4 heteroatoms. The maximum absolute atomic E-state index is 11.3. The second kappa shape index (κ2) is 6.64. The van der Waals surface area contributed by atoms with Crippen LogP contribution in [0.4, 0.5) is 0 Å². The fourth-order valence-electron chi connectivity index (χ4n) is 5.18. The van der Waals surface area contributed by atoms with E-state index in [0.717, 1.165) is 44.5 Å². The molecule has 0 aromatic heterocycles. The van der Waals surface area contributed by atoms with Crippen LogP contribution in [0, 0.1) is 5.92 Å². The van der Waals surface area contributed by atoms with Crippen LogP contribution in [0.5, 0.6) is 5.75 Å². The summed E-state index contributed by atoms with van der Waals surface area (Å²) in [6, 6.07) is 7.16. The van der Waals surface area contributed by atoms with Crippen molar-refractivity contribution in [3.63, 3.8) is 0 Å². The number of benzene rings is 1. The van der Waals surface area contributed by atoms with Crippen LogP contribution in [0.25, 0.3) is 0 Å². The maximum atomic E-state index is 11.3. The number of likely N-dealkylation sites (tertiary alicyclic amines) is 1. The molecule has 2 fully saturated rings. The van der Waals surface area contributed by atoms with Crippen molar-refractivity contribution in [1.29, 1.82) is 0 Å². The number of nitrogens with zero attached hydrogens (tertiary/aromatic N) is 1. The molecule has 1 N–H and O–H groups in total. The van der Waals surface area contributed by atoms with Crippen LogP contribution in [0.3, 0.4) is 0 Å². The third-order valence-corrected chi connectivity index (χ3v) is 6.93. The van der Waals surface area contributed by atoms with Crippen LogP contribution in [0.1, 0.15) is 56.1 Å². The highest BCUT2D eigenvalue weighted by molar-refractivity contribution is 5.70. The molecule has 0 radical (unpaired) electrons. The number of aryl methyl sites for hydroxylation is 1. The number of fused-ring (bicyclic) bond motifs is 2. The van der Waals surface area contributed by atoms with Gasteiger partial charge in [-0.05, 0) is 93.6 Å². The predicted molar refractivity (Wildman–Crippen MR) is 97.2 cm³/mol. The van der Waals surface area contributed by atoms with E-state index in [1.54, 1.807) is 0 Å². The van der Waals surface area contributed by atoms with E-state index in [1.165, 1.54) is 36.9 Å². The molecular weight excluding hydrogens is 314 g/mol. The predicted octanol–water partition coefficient (Wildman–Crippen LogP) is 3.62. The summed E-state index contributed by atoms with van der Waals surface area (Å²) in [6.45, 7) is 1.94. The highest BCUT2D eigenvalue weighted by atomic mass is 16.5. The standard InChI is InChI=1S/C21H29NO3/c1-22-12-2-3-17(22)14-25-18-5-4-15-6-9-21(19(15)13-18)10-7-16(8-11-21)20(23)24/h4-5,13,16-17H,2-3,6-12,14H2,1H3,(H,23,24)/t16?,17-,21?/m0/s1. The Kier molecular flexibility index (Phi) is 4.48. The number of carbonyl (C=O) groups is 1. The first kappa shape index (κ1) is 16.9. The van der Waals surface area contributed by atoms with Gasteiger partial charge in [-0.3, -0.25) is 4.79 Å². The summed E-state index contributed by atoms with van der Waals surface area (Å²) in [6.07, 6.45) is 8.42. The highest BCUT2D eigenvalue weighted by Crippen LogP contribution is 2.50. The van der Waals surface area contributed by atoms with Gasteiger partial charge < -0.3 is 14.7 Å². The fraction of sp³-hybridized carbons (Fsp3) is 0.667. The van der Waals surface area contributed by atoms with Gasteiger partial charge in [0, 0.05) is 6.04 Å². The van der Waals surface area contributed by atoms with Crippen LogP contribution >= 0.6 is 0 Å². The van der Waals surface area contributed by atoms with E-state index >= 15 is 0 Å². The molecular formula is C21H29NO3. The summed E-state index contributed by atoms with van der Waals surface area (Å²) in [5, 5.41) is 9.28. The summed E-state index contributed by atoms with van der Waals surface area (Å²) >= 11 is 0. The van der Waals surface area contributed by atoms with E-state index in [9.17, 15) is 9.90 Å². The van der Waals surface area contributed by atoms with Crippen LogP contribution in [0.15, 0.2) is 18.2 Å². The first-order valence-electron chi connectivity index (χ1n) is 9.77. The minimum atomic E-state index is -0.620. The van der Waals surface area contributed by atoms with Crippen molar-refractivity contribution in [3.8, 4) is 5.75 Å². The summed E-state index contributed by atoms with van der Waals surface area (Å²) in [5.74, 6) is 0.221. The molecule has 1 aromatic carbocycles. The summed E-state index contributed by atoms with van der Waals surface area (Å²) in [7, 11) is 2.18. The Labute approximate surface area is 150 Å². The lowest BCUT2D eigenvalue weighted by Crippen LogP contribution is -2.32. The number of rotatable bonds is 4. The lowest BCUT2D eigenvalue weighted by molar-refractivity contribution is -0.143. The molecule has 4 nitrogen and oxygen atoms in total. The second-order valence-corrected chi connectivity index (χ2v) is 8.30. The Morgan fingerprint density at radius 1 is 1.28 bits per heavy atom. The second-order valence-electron chi connectivity index (χ2n) is 8.30. The van der Waals surface area contributed by atoms with Gasteiger partial charge in [0.2, 0.25) is 0 Å². The highest BCUT2D eigenvalue weighted by Gasteiger charge is 2.43. The van der Waals surface area contributed by atoms with E-state index in [1.807, 2.05) is 0 Å². The van der Waals surface area contributed by atoms with Gasteiger partial charge in [-0.25, -0.2) is 0 Å². The van der Waals surface area contributed by atoms with Gasteiger partial charge in [-0.1, -0.05) is 6.07 Å². The third kappa shape index (κ3) is 3.17. The van der Waals surface area contributed by atoms with E-state index in [4.69, 9.17) is 4.74 Å². The molecule has 0 bridgehead atoms. The van der Waals surface area contributed by atoms with Crippen molar-refractivity contribution in [1.82, 2.24) is 4.90 Å². The van der Waals surface area contributed by atoms with Crippen molar-refractivity contribution < 1.29 is 14.6 Å². The zero-order valence-electron chi connectivity index (χ0n) is 15.2. The average Bonchev–Trinajstić information content (AvgIpc) is 3.18. The van der Waals surface area contributed by atoms with Crippen LogP contribution in [0.2, 0.25) is 0 Å². The van der Waals surface area contributed by atoms with E-state index in [0.29, 0.717) is 6.04 Å². The maximum Gasteiger partial charge on any atom is 0.306 e. The largest absolute Gasteiger partial charge is 0.492 e. The van der Waals surface area contributed by atoms with Gasteiger partial charge in [-0.15, -0.1) is 0 Å². The number of ether oxygens (including phenoxy) is 1. The minimum absolute atomic E-state index is 0.146. The Bertz CT molecular complexity index is 649. The fourth-order valence-corrected chi connectivity index (χ4v) is 5.18. The first-order valence-corrected chi connectivity index (χ1v) is 9.77. The molecule has 136 valence electrons. The van der Waals surface area contributed by atoms with E-state index in [-0.39, 0.29) is 11.3 Å². The lowest BCUT2D eigenvalue weighted by Gasteiger charge is -2.37. The van der Waals surface area contributed by atoms with Crippen molar-refractivity contribution in [3.05, 3.63) is 29.3 Å². The normalized spacial score (nSPS) is 32.0. The summed E-state index contributed by atoms with van der Waals surface area (Å²) in [5.41, 5.74) is 3.08. The lowest BCUT2D eigenvalue weighted by atomic mass is 9.67. The summed E-state index contributed by atoms with van der Waals surface area (Å²) in [4.78, 5) is 13.7. The molecule has 2 aliphatic carbocycles. The van der Waals surface area contributed by atoms with Gasteiger partial charge in [0.15, 0.2) is 0 Å². The Morgan fingerprint density at radius 2 is 2.08 bits per heavy atom. The number of carboxylic acid groups (broad SMARTS) is 1. The monoisotopic (exact) mass is 343 g/mol. The zero-order chi connectivity index (χ0) is 17.4. The van der Waals surface area contributed by atoms with Crippen LogP contribution in [-0.2, 0) is 16.6 Å². The van der Waals surface area contributed by atoms with Crippen molar-refractivity contribution in [2.24, 2.45) is 5.92 Å². The number of likely N-dealkylation sites (N-methyl/N-ethyl adjacent to an activating group) is 1. The SMILES string of the molecule is CN1CCC[C@H]1COc1ccc2c(c1)C1(CC2)CCC(C(=O)O)CC1. The van der Waals surface area contributed by atoms with Crippen molar-refractivity contribution in [2.45, 2.75) is 62.8 Å². The number of aliphatic carboxylic acids is 1. The number of hydrogen-bond acceptors (Lipinski definition) is 3. The molecule has 3 aliphatic rings. The van der Waals surface area contributed by atoms with Gasteiger partial charge in [0.1, 0.15) is 12.4 Å². The van der Waals surface area contributed by atoms with Gasteiger partial charge in [0.05, 0.1) is 5.92 Å². The molecule has 1 saturated heterocycles. The minimum Gasteiger partial charge on any atom is -0.492 e. The topological polar surface area (TPSA) is 49.8 Å². The Morgan fingerprint density at radius 3 is 2.76 bits per heavy atom. The van der Waals surface area contributed by atoms with Crippen molar-refractivity contribution in [2.75, 3.05) is 20.2 Å². The first-order chi connectivity index (χ1) is 12.1. The molecule has 1 aliphatic heterocycles. The molecule has 1 spiro atoms. The Hall–Kier alpha value is -1.55. The van der Waals surface area contributed by atoms with E-state index in [2.05, 4.69) is 30.1 Å². The molecule has 4 rings (SSSR count). The molecule has 0 unspecified atom stereocenters. The van der Waals surface area contributed by atoms with E-state index < -0.39 is 5.97 Å². The van der Waals surface area contributed by atoms with Gasteiger partial charge in [0.25, 0.3) is 0 Å². The quantitative estimate of drug-likeness (QED) is 0.907. The molecule has 0 amide bonds. The van der Waals surface area contributed by atoms with Crippen molar-refractivity contribution >= 4 is 5.97 Å². The smallest absolute Gasteiger partial charge is 0.306 e. The van der Waals surface area contributed by atoms with Gasteiger partial charge in [-0.2, -0.15) is 0 Å². The molecule has 1 atom stereocenters. The Balaban J connectivity index is 1.47. The number of hydrogen-bond donors (Lipinski definition) is 1. The van der Waals surface area contributed by atoms with Gasteiger partial charge >= 0.3 is 5.97 Å². The zero-order valence-corrected chi connectivity index (χ0v) is 15.2. The van der Waals surface area contributed by atoms with Crippen LogP contribution in [-0.4, -0.2) is 42.2 Å². The van der Waals surface area contributed by atoms with Crippen LogP contribution < -0.4 is 4.74 Å². The average molecular weight is 343 g/mol. The molecule has 1 aromatic rings.